The molecule has 3 aromatic rings. The van der Waals surface area contributed by atoms with Gasteiger partial charge in [0.15, 0.2) is 6.23 Å². The van der Waals surface area contributed by atoms with Crippen molar-refractivity contribution < 1.29 is 19.4 Å². The van der Waals surface area contributed by atoms with Crippen molar-refractivity contribution in [2.75, 3.05) is 43.4 Å². The number of nitrogens with one attached hydrogen (secondary N) is 1. The SMILES string of the molecule is CCCCCCCOc1c(N2CCN(C(=O)[C@@H]3CSC(=O)N3C(O)c3csc(=O)[nH]3)CC2)cnn(-c2ccccc2)c1=O. The fraction of sp³-hybridized carbons (Fsp3) is 0.483. The molecule has 0 bridgehead atoms. The van der Waals surface area contributed by atoms with E-state index in [9.17, 15) is 24.3 Å². The van der Waals surface area contributed by atoms with Gasteiger partial charge in [-0.25, -0.2) is 0 Å². The lowest BCUT2D eigenvalue weighted by atomic mass is 10.2. The first-order chi connectivity index (χ1) is 20.9. The van der Waals surface area contributed by atoms with Crippen molar-refractivity contribution in [2.24, 2.45) is 0 Å². The van der Waals surface area contributed by atoms with Crippen LogP contribution in [0.4, 0.5) is 10.5 Å². The van der Waals surface area contributed by atoms with E-state index in [1.54, 1.807) is 11.1 Å². The van der Waals surface area contributed by atoms with Crippen molar-refractivity contribution in [3.05, 3.63) is 67.6 Å². The third-order valence-corrected chi connectivity index (χ3v) is 9.25. The number of para-hydroxylation sites is 1. The zero-order chi connectivity index (χ0) is 30.3. The van der Waals surface area contributed by atoms with Crippen LogP contribution in [0.5, 0.6) is 5.75 Å². The molecule has 12 nitrogen and oxygen atoms in total. The molecule has 0 radical (unpaired) electrons. The Morgan fingerprint density at radius 2 is 1.84 bits per heavy atom. The van der Waals surface area contributed by atoms with Crippen molar-refractivity contribution in [1.82, 2.24) is 24.6 Å². The summed E-state index contributed by atoms with van der Waals surface area (Å²) in [5, 5.41) is 16.3. The number of nitrogens with zero attached hydrogens (tertiary/aromatic N) is 5. The molecule has 2 atom stereocenters. The predicted molar refractivity (Wildman–Crippen MR) is 166 cm³/mol. The number of hydrogen-bond acceptors (Lipinski definition) is 10. The second-order valence-electron chi connectivity index (χ2n) is 10.5. The molecule has 5 rings (SSSR count). The van der Waals surface area contributed by atoms with Gasteiger partial charge < -0.3 is 24.6 Å². The fourth-order valence-electron chi connectivity index (χ4n) is 5.26. The first-order valence-corrected chi connectivity index (χ1v) is 16.4. The lowest BCUT2D eigenvalue weighted by Crippen LogP contribution is -2.55. The van der Waals surface area contributed by atoms with E-state index in [0.717, 1.165) is 53.7 Å². The number of aliphatic hydroxyl groups excluding tert-OH is 1. The summed E-state index contributed by atoms with van der Waals surface area (Å²) < 4.78 is 7.46. The van der Waals surface area contributed by atoms with Crippen molar-refractivity contribution in [2.45, 2.75) is 51.3 Å². The van der Waals surface area contributed by atoms with Gasteiger partial charge in [0.05, 0.1) is 24.2 Å². The first kappa shape index (κ1) is 30.8. The van der Waals surface area contributed by atoms with Gasteiger partial charge in [-0.3, -0.25) is 24.1 Å². The number of thioether (sulfide) groups is 1. The predicted octanol–water partition coefficient (Wildman–Crippen LogP) is 3.21. The molecule has 1 unspecified atom stereocenters. The number of aliphatic hydroxyl groups is 1. The van der Waals surface area contributed by atoms with E-state index in [1.165, 1.54) is 16.5 Å². The van der Waals surface area contributed by atoms with E-state index in [-0.39, 0.29) is 33.5 Å². The molecule has 1 aromatic carbocycles. The molecule has 2 amide bonds. The zero-order valence-corrected chi connectivity index (χ0v) is 25.6. The van der Waals surface area contributed by atoms with Crippen LogP contribution >= 0.6 is 23.1 Å². The van der Waals surface area contributed by atoms with Crippen LogP contribution in [0.1, 0.15) is 50.9 Å². The van der Waals surface area contributed by atoms with Gasteiger partial charge in [0.1, 0.15) is 11.7 Å². The van der Waals surface area contributed by atoms with Gasteiger partial charge in [-0.05, 0) is 18.6 Å². The lowest BCUT2D eigenvalue weighted by Gasteiger charge is -2.38. The van der Waals surface area contributed by atoms with E-state index in [0.29, 0.717) is 44.2 Å². The maximum Gasteiger partial charge on any atom is 0.316 e. The van der Waals surface area contributed by atoms with Crippen molar-refractivity contribution in [3.8, 4) is 11.4 Å². The van der Waals surface area contributed by atoms with E-state index >= 15 is 0 Å². The van der Waals surface area contributed by atoms with E-state index in [4.69, 9.17) is 4.74 Å². The number of aromatic amines is 1. The molecular weight excluding hydrogens is 592 g/mol. The van der Waals surface area contributed by atoms with Crippen LogP contribution in [-0.4, -0.2) is 85.4 Å². The van der Waals surface area contributed by atoms with Crippen molar-refractivity contribution in [1.29, 1.82) is 0 Å². The molecule has 2 N–H and O–H groups in total. The molecule has 2 saturated heterocycles. The minimum atomic E-state index is -1.42. The number of benzene rings is 1. The highest BCUT2D eigenvalue weighted by Gasteiger charge is 2.43. The third-order valence-electron chi connectivity index (χ3n) is 7.62. The number of ether oxygens (including phenoxy) is 1. The number of unbranched alkanes of at least 4 members (excludes halogenated alkanes) is 4. The summed E-state index contributed by atoms with van der Waals surface area (Å²) in [6.45, 7) is 4.16. The molecule has 2 aliphatic rings. The normalized spacial score (nSPS) is 17.9. The van der Waals surface area contributed by atoms with Crippen LogP contribution in [0.2, 0.25) is 0 Å². The van der Waals surface area contributed by atoms with Crippen molar-refractivity contribution in [3.63, 3.8) is 0 Å². The number of carbonyl (C=O) groups excluding carboxylic acids is 2. The van der Waals surface area contributed by atoms with E-state index < -0.39 is 17.5 Å². The van der Waals surface area contributed by atoms with Gasteiger partial charge in [-0.15, -0.1) is 0 Å². The fourth-order valence-corrected chi connectivity index (χ4v) is 6.83. The standard InChI is InChI=1S/C29H36N6O6S2/c1-2-3-4-5-9-16-41-24-22(17-30-35(27(24)38)20-10-7-6-8-11-20)32-12-14-33(15-13-32)26(37)23-19-43-29(40)34(23)25(36)21-18-42-28(39)31-21/h6-8,10-11,17-18,23,25,36H,2-5,9,12-16,19H2,1H3,(H,31,39)/t23-,25?/m0/s1. The third kappa shape index (κ3) is 6.97. The van der Waals surface area contributed by atoms with E-state index in [1.807, 2.05) is 35.2 Å². The number of rotatable bonds is 12. The van der Waals surface area contributed by atoms with Gasteiger partial charge in [0.2, 0.25) is 11.7 Å². The minimum absolute atomic E-state index is 0.184. The number of anilines is 1. The molecule has 0 aliphatic carbocycles. The Bertz CT molecular complexity index is 1520. The summed E-state index contributed by atoms with van der Waals surface area (Å²) >= 11 is 1.85. The number of amides is 2. The zero-order valence-electron chi connectivity index (χ0n) is 24.0. The van der Waals surface area contributed by atoms with Gasteiger partial charge in [-0.1, -0.05) is 73.9 Å². The summed E-state index contributed by atoms with van der Waals surface area (Å²) in [4.78, 5) is 58.3. The molecule has 230 valence electrons. The summed E-state index contributed by atoms with van der Waals surface area (Å²) in [6.07, 6.45) is 5.54. The van der Waals surface area contributed by atoms with Crippen LogP contribution in [-0.2, 0) is 4.79 Å². The Kier molecular flexibility index (Phi) is 10.2. The van der Waals surface area contributed by atoms with Crippen molar-refractivity contribution >= 4 is 39.9 Å². The van der Waals surface area contributed by atoms with Gasteiger partial charge in [0, 0.05) is 37.3 Å². The summed E-state index contributed by atoms with van der Waals surface area (Å²) in [7, 11) is 0. The number of hydrogen-bond donors (Lipinski definition) is 2. The molecule has 2 fully saturated rings. The quantitative estimate of drug-likeness (QED) is 0.289. The Labute approximate surface area is 257 Å². The molecule has 0 spiro atoms. The molecule has 4 heterocycles. The largest absolute Gasteiger partial charge is 0.486 e. The highest BCUT2D eigenvalue weighted by Crippen LogP contribution is 2.33. The minimum Gasteiger partial charge on any atom is -0.486 e. The molecule has 14 heteroatoms. The maximum absolute atomic E-state index is 13.6. The van der Waals surface area contributed by atoms with Crippen LogP contribution in [0, 0.1) is 0 Å². The molecular formula is C29H36N6O6S2. The van der Waals surface area contributed by atoms with Gasteiger partial charge >= 0.3 is 10.4 Å². The Hall–Kier alpha value is -3.62. The van der Waals surface area contributed by atoms with Crippen LogP contribution in [0.3, 0.4) is 0 Å². The topological polar surface area (TPSA) is 141 Å². The highest BCUT2D eigenvalue weighted by molar-refractivity contribution is 8.13. The number of aromatic nitrogens is 3. The number of carbonyl (C=O) groups is 2. The highest BCUT2D eigenvalue weighted by atomic mass is 32.2. The Morgan fingerprint density at radius 3 is 2.53 bits per heavy atom. The second-order valence-corrected chi connectivity index (χ2v) is 12.3. The summed E-state index contributed by atoms with van der Waals surface area (Å²) in [6, 6.07) is 8.34. The Morgan fingerprint density at radius 1 is 1.09 bits per heavy atom. The monoisotopic (exact) mass is 628 g/mol. The summed E-state index contributed by atoms with van der Waals surface area (Å²) in [5.74, 6) is 0.183. The average Bonchev–Trinajstić information content (AvgIpc) is 3.64. The van der Waals surface area contributed by atoms with Crippen LogP contribution in [0.15, 0.2) is 51.5 Å². The molecule has 2 aromatic heterocycles. The Balaban J connectivity index is 1.29. The van der Waals surface area contributed by atoms with Gasteiger partial charge in [-0.2, -0.15) is 9.78 Å². The second kappa shape index (κ2) is 14.2. The molecule has 0 saturated carbocycles. The smallest absolute Gasteiger partial charge is 0.316 e. The maximum atomic E-state index is 13.6. The number of piperazine rings is 1. The number of H-pyrrole nitrogens is 1. The first-order valence-electron chi connectivity index (χ1n) is 14.5. The average molecular weight is 629 g/mol. The number of thiazole rings is 1. The lowest BCUT2D eigenvalue weighted by molar-refractivity contribution is -0.138. The van der Waals surface area contributed by atoms with Crippen LogP contribution < -0.4 is 20.1 Å². The van der Waals surface area contributed by atoms with Crippen LogP contribution in [0.25, 0.3) is 5.69 Å². The summed E-state index contributed by atoms with van der Waals surface area (Å²) in [5.41, 5.74) is 1.07. The van der Waals surface area contributed by atoms with E-state index in [2.05, 4.69) is 17.0 Å². The molecule has 43 heavy (non-hydrogen) atoms. The van der Waals surface area contributed by atoms with Gasteiger partial charge in [0.25, 0.3) is 5.24 Å². The molecule has 2 aliphatic heterocycles.